The summed E-state index contributed by atoms with van der Waals surface area (Å²) < 4.78 is 39.7. The van der Waals surface area contributed by atoms with Gasteiger partial charge in [0.2, 0.25) is 0 Å². The highest BCUT2D eigenvalue weighted by Crippen LogP contribution is 2.45. The largest absolute Gasteiger partial charge is 0.392 e. The molecule has 2 saturated carbocycles. The lowest BCUT2D eigenvalue weighted by atomic mass is 9.69. The van der Waals surface area contributed by atoms with Crippen molar-refractivity contribution in [3.63, 3.8) is 0 Å². The molecule has 1 N–H and O–H groups in total. The van der Waals surface area contributed by atoms with E-state index < -0.39 is 12.1 Å². The zero-order valence-electron chi connectivity index (χ0n) is 11.8. The molecule has 0 heterocycles. The molecule has 0 aromatic rings. The first kappa shape index (κ1) is 15.1. The molecule has 0 spiro atoms. The van der Waals surface area contributed by atoms with Crippen LogP contribution in [0.2, 0.25) is 0 Å². The minimum absolute atomic E-state index is 0.0622. The third-order valence-corrected chi connectivity index (χ3v) is 5.19. The average Bonchev–Trinajstić information content (AvgIpc) is 2.40. The Bertz CT molecular complexity index is 271. The summed E-state index contributed by atoms with van der Waals surface area (Å²) in [7, 11) is 1.85. The molecule has 0 aromatic heterocycles. The molecule has 2 rings (SSSR count). The van der Waals surface area contributed by atoms with Crippen LogP contribution >= 0.6 is 0 Å². The molecule has 2 fully saturated rings. The molecule has 4 heteroatoms. The summed E-state index contributed by atoms with van der Waals surface area (Å²) in [5.41, 5.74) is 0. The van der Waals surface area contributed by atoms with Gasteiger partial charge < -0.3 is 5.32 Å². The Kier molecular flexibility index (Phi) is 5.15. The van der Waals surface area contributed by atoms with Gasteiger partial charge in [-0.1, -0.05) is 32.1 Å². The number of alkyl halides is 3. The molecule has 0 bridgehead atoms. The fraction of sp³-hybridized carbons (Fsp3) is 1.00. The second-order valence-electron chi connectivity index (χ2n) is 6.31. The highest BCUT2D eigenvalue weighted by molar-refractivity contribution is 4.92. The molecular formula is C15H26F3N. The molecule has 2 aliphatic carbocycles. The van der Waals surface area contributed by atoms with Gasteiger partial charge in [0.15, 0.2) is 0 Å². The molecule has 3 unspecified atom stereocenters. The third kappa shape index (κ3) is 3.65. The van der Waals surface area contributed by atoms with Crippen molar-refractivity contribution in [2.24, 2.45) is 17.8 Å². The van der Waals surface area contributed by atoms with Gasteiger partial charge in [0.1, 0.15) is 0 Å². The molecule has 0 aromatic carbocycles. The highest BCUT2D eigenvalue weighted by atomic mass is 19.4. The van der Waals surface area contributed by atoms with Gasteiger partial charge in [-0.05, 0) is 44.6 Å². The van der Waals surface area contributed by atoms with E-state index in [4.69, 9.17) is 0 Å². The fourth-order valence-electron chi connectivity index (χ4n) is 4.29. The molecule has 0 radical (unpaired) electrons. The zero-order chi connectivity index (χ0) is 13.9. The second kappa shape index (κ2) is 6.47. The van der Waals surface area contributed by atoms with Crippen molar-refractivity contribution in [1.29, 1.82) is 0 Å². The van der Waals surface area contributed by atoms with Gasteiger partial charge in [0, 0.05) is 6.04 Å². The quantitative estimate of drug-likeness (QED) is 0.799. The fourth-order valence-corrected chi connectivity index (χ4v) is 4.29. The van der Waals surface area contributed by atoms with E-state index in [1.165, 1.54) is 19.3 Å². The molecular weight excluding hydrogens is 251 g/mol. The Morgan fingerprint density at radius 1 is 0.895 bits per heavy atom. The number of hydrogen-bond donors (Lipinski definition) is 1. The van der Waals surface area contributed by atoms with Crippen LogP contribution in [-0.4, -0.2) is 19.3 Å². The standard InChI is InChI=1S/C15H26F3N/c1-19-14(11-7-3-2-4-8-11)12-9-5-6-10-13(12)15(16,17)18/h11-14,19H,2-10H2,1H3. The number of hydrogen-bond acceptors (Lipinski definition) is 1. The molecule has 19 heavy (non-hydrogen) atoms. The monoisotopic (exact) mass is 277 g/mol. The Balaban J connectivity index is 2.09. The first-order valence-electron chi connectivity index (χ1n) is 7.78. The molecule has 0 amide bonds. The zero-order valence-corrected chi connectivity index (χ0v) is 11.8. The SMILES string of the molecule is CNC(C1CCCCC1)C1CCCCC1C(F)(F)F. The van der Waals surface area contributed by atoms with Gasteiger partial charge in [-0.15, -0.1) is 0 Å². The van der Waals surface area contributed by atoms with Crippen molar-refractivity contribution in [2.45, 2.75) is 70.0 Å². The Hall–Kier alpha value is -0.250. The number of halogens is 3. The van der Waals surface area contributed by atoms with Crippen molar-refractivity contribution in [2.75, 3.05) is 7.05 Å². The van der Waals surface area contributed by atoms with Gasteiger partial charge in [0.25, 0.3) is 0 Å². The lowest BCUT2D eigenvalue weighted by molar-refractivity contribution is -0.201. The van der Waals surface area contributed by atoms with E-state index in [1.807, 2.05) is 7.05 Å². The van der Waals surface area contributed by atoms with Crippen LogP contribution in [0.1, 0.15) is 57.8 Å². The first-order chi connectivity index (χ1) is 9.04. The third-order valence-electron chi connectivity index (χ3n) is 5.19. The summed E-state index contributed by atoms with van der Waals surface area (Å²) in [6, 6.07) is 0.0622. The topological polar surface area (TPSA) is 12.0 Å². The van der Waals surface area contributed by atoms with Gasteiger partial charge in [-0.2, -0.15) is 13.2 Å². The van der Waals surface area contributed by atoms with E-state index in [9.17, 15) is 13.2 Å². The minimum Gasteiger partial charge on any atom is -0.316 e. The van der Waals surface area contributed by atoms with Crippen molar-refractivity contribution < 1.29 is 13.2 Å². The minimum atomic E-state index is -4.02. The van der Waals surface area contributed by atoms with Crippen molar-refractivity contribution in [3.8, 4) is 0 Å². The molecule has 3 atom stereocenters. The maximum atomic E-state index is 13.2. The van der Waals surface area contributed by atoms with Crippen LogP contribution < -0.4 is 5.32 Å². The van der Waals surface area contributed by atoms with E-state index in [0.29, 0.717) is 12.3 Å². The predicted molar refractivity (Wildman–Crippen MR) is 70.9 cm³/mol. The van der Waals surface area contributed by atoms with E-state index in [0.717, 1.165) is 32.1 Å². The summed E-state index contributed by atoms with van der Waals surface area (Å²) in [6.45, 7) is 0. The maximum absolute atomic E-state index is 13.2. The Labute approximate surface area is 114 Å². The second-order valence-corrected chi connectivity index (χ2v) is 6.31. The van der Waals surface area contributed by atoms with Gasteiger partial charge in [-0.25, -0.2) is 0 Å². The first-order valence-corrected chi connectivity index (χ1v) is 7.78. The van der Waals surface area contributed by atoms with Crippen LogP contribution in [0.25, 0.3) is 0 Å². The van der Waals surface area contributed by atoms with Crippen LogP contribution in [0.3, 0.4) is 0 Å². The van der Waals surface area contributed by atoms with Crippen LogP contribution in [0, 0.1) is 17.8 Å². The summed E-state index contributed by atoms with van der Waals surface area (Å²) in [4.78, 5) is 0. The predicted octanol–water partition coefficient (Wildman–Crippen LogP) is 4.52. The van der Waals surface area contributed by atoms with E-state index in [1.54, 1.807) is 0 Å². The summed E-state index contributed by atoms with van der Waals surface area (Å²) in [5.74, 6) is -0.839. The van der Waals surface area contributed by atoms with Crippen LogP contribution in [0.4, 0.5) is 13.2 Å². The van der Waals surface area contributed by atoms with Crippen LogP contribution in [0.15, 0.2) is 0 Å². The van der Waals surface area contributed by atoms with Gasteiger partial charge in [0.05, 0.1) is 5.92 Å². The highest BCUT2D eigenvalue weighted by Gasteiger charge is 2.48. The lowest BCUT2D eigenvalue weighted by Gasteiger charge is -2.42. The average molecular weight is 277 g/mol. The summed E-state index contributed by atoms with van der Waals surface area (Å²) in [6.07, 6.45) is 4.59. The summed E-state index contributed by atoms with van der Waals surface area (Å²) in [5, 5.41) is 3.24. The van der Waals surface area contributed by atoms with Crippen LogP contribution in [-0.2, 0) is 0 Å². The van der Waals surface area contributed by atoms with Crippen molar-refractivity contribution in [1.82, 2.24) is 5.32 Å². The molecule has 0 saturated heterocycles. The molecule has 0 aliphatic heterocycles. The van der Waals surface area contributed by atoms with Crippen molar-refractivity contribution in [3.05, 3.63) is 0 Å². The Morgan fingerprint density at radius 3 is 2.05 bits per heavy atom. The van der Waals surface area contributed by atoms with E-state index in [2.05, 4.69) is 5.32 Å². The van der Waals surface area contributed by atoms with Gasteiger partial charge in [-0.3, -0.25) is 0 Å². The Morgan fingerprint density at radius 2 is 1.47 bits per heavy atom. The number of nitrogens with one attached hydrogen (secondary N) is 1. The molecule has 2 aliphatic rings. The smallest absolute Gasteiger partial charge is 0.316 e. The van der Waals surface area contributed by atoms with Gasteiger partial charge >= 0.3 is 6.18 Å². The lowest BCUT2D eigenvalue weighted by Crippen LogP contribution is -2.48. The van der Waals surface area contributed by atoms with Crippen molar-refractivity contribution >= 4 is 0 Å². The summed E-state index contributed by atoms with van der Waals surface area (Å²) >= 11 is 0. The normalized spacial score (nSPS) is 32.2. The maximum Gasteiger partial charge on any atom is 0.392 e. The molecule has 112 valence electrons. The van der Waals surface area contributed by atoms with Crippen LogP contribution in [0.5, 0.6) is 0 Å². The van der Waals surface area contributed by atoms with E-state index in [-0.39, 0.29) is 12.0 Å². The number of rotatable bonds is 3. The van der Waals surface area contributed by atoms with E-state index >= 15 is 0 Å². The molecule has 1 nitrogen and oxygen atoms in total.